The molecule has 1 rings (SSSR count). The van der Waals surface area contributed by atoms with Crippen LogP contribution in [0.15, 0.2) is 18.2 Å². The van der Waals surface area contributed by atoms with E-state index in [1.165, 1.54) is 0 Å². The number of aliphatic hydroxyl groups is 1. The van der Waals surface area contributed by atoms with Crippen molar-refractivity contribution in [2.24, 2.45) is 0 Å². The molecular formula is C13H19NO4. The number of aryl methyl sites for hydroxylation is 1. The molecule has 0 saturated heterocycles. The second kappa shape index (κ2) is 6.98. The Kier molecular flexibility index (Phi) is 5.61. The average Bonchev–Trinajstić information content (AvgIpc) is 2.28. The molecule has 0 aliphatic rings. The Hall–Kier alpha value is -1.59. The van der Waals surface area contributed by atoms with Crippen LogP contribution in [0.25, 0.3) is 0 Å². The summed E-state index contributed by atoms with van der Waals surface area (Å²) in [6, 6.07) is 5.82. The third-order valence-electron chi connectivity index (χ3n) is 2.58. The third kappa shape index (κ3) is 4.73. The molecule has 1 atom stereocenters. The van der Waals surface area contributed by atoms with E-state index >= 15 is 0 Å². The van der Waals surface area contributed by atoms with Gasteiger partial charge in [-0.3, -0.25) is 4.79 Å². The molecule has 1 aromatic rings. The predicted octanol–water partition coefficient (Wildman–Crippen LogP) is 0.929. The summed E-state index contributed by atoms with van der Waals surface area (Å²) in [6.45, 7) is 2.81. The minimum Gasteiger partial charge on any atom is -0.496 e. The van der Waals surface area contributed by atoms with Crippen molar-refractivity contribution in [1.29, 1.82) is 0 Å². The molecule has 0 saturated carbocycles. The highest BCUT2D eigenvalue weighted by Crippen LogP contribution is 2.18. The lowest BCUT2D eigenvalue weighted by atomic mass is 10.1. The number of aliphatic hydroxyl groups excluding tert-OH is 1. The Morgan fingerprint density at radius 3 is 2.78 bits per heavy atom. The van der Waals surface area contributed by atoms with Gasteiger partial charge >= 0.3 is 5.97 Å². The number of carboxylic acids is 1. The van der Waals surface area contributed by atoms with Crippen LogP contribution in [-0.4, -0.2) is 35.9 Å². The van der Waals surface area contributed by atoms with Gasteiger partial charge in [0.15, 0.2) is 0 Å². The number of rotatable bonds is 7. The Labute approximate surface area is 106 Å². The molecule has 0 bridgehead atoms. The van der Waals surface area contributed by atoms with Crippen molar-refractivity contribution in [3.8, 4) is 5.75 Å². The van der Waals surface area contributed by atoms with Gasteiger partial charge in [0, 0.05) is 13.1 Å². The van der Waals surface area contributed by atoms with Crippen molar-refractivity contribution in [2.45, 2.75) is 26.0 Å². The van der Waals surface area contributed by atoms with E-state index in [0.717, 1.165) is 16.9 Å². The first-order valence-corrected chi connectivity index (χ1v) is 5.77. The smallest absolute Gasteiger partial charge is 0.306 e. The fourth-order valence-electron chi connectivity index (χ4n) is 1.71. The zero-order valence-electron chi connectivity index (χ0n) is 10.6. The molecule has 0 amide bonds. The van der Waals surface area contributed by atoms with Crippen molar-refractivity contribution >= 4 is 5.97 Å². The number of nitrogens with one attached hydrogen (secondary N) is 1. The normalized spacial score (nSPS) is 12.2. The van der Waals surface area contributed by atoms with Crippen LogP contribution in [0.1, 0.15) is 17.5 Å². The Morgan fingerprint density at radius 2 is 2.22 bits per heavy atom. The third-order valence-corrected chi connectivity index (χ3v) is 2.58. The molecule has 1 aromatic carbocycles. The number of methoxy groups -OCH3 is 1. The first kappa shape index (κ1) is 14.5. The molecule has 0 radical (unpaired) electrons. The van der Waals surface area contributed by atoms with Gasteiger partial charge in [0.1, 0.15) is 5.75 Å². The van der Waals surface area contributed by atoms with Gasteiger partial charge in [0.05, 0.1) is 19.6 Å². The number of carboxylic acid groups (broad SMARTS) is 1. The van der Waals surface area contributed by atoms with Crippen molar-refractivity contribution in [3.63, 3.8) is 0 Å². The van der Waals surface area contributed by atoms with Gasteiger partial charge in [-0.25, -0.2) is 0 Å². The van der Waals surface area contributed by atoms with Gasteiger partial charge in [-0.05, 0) is 24.1 Å². The van der Waals surface area contributed by atoms with Gasteiger partial charge in [0.25, 0.3) is 0 Å². The summed E-state index contributed by atoms with van der Waals surface area (Å²) in [5.74, 6) is -0.158. The lowest BCUT2D eigenvalue weighted by molar-refractivity contribution is -0.139. The van der Waals surface area contributed by atoms with Crippen molar-refractivity contribution in [3.05, 3.63) is 29.3 Å². The van der Waals surface area contributed by atoms with Crippen LogP contribution in [0.3, 0.4) is 0 Å². The lowest BCUT2D eigenvalue weighted by Crippen LogP contribution is -2.28. The highest BCUT2D eigenvalue weighted by molar-refractivity contribution is 5.67. The highest BCUT2D eigenvalue weighted by Gasteiger charge is 2.08. The van der Waals surface area contributed by atoms with E-state index in [-0.39, 0.29) is 13.0 Å². The largest absolute Gasteiger partial charge is 0.496 e. The van der Waals surface area contributed by atoms with Crippen molar-refractivity contribution in [2.75, 3.05) is 13.7 Å². The van der Waals surface area contributed by atoms with Gasteiger partial charge in [-0.2, -0.15) is 0 Å². The quantitative estimate of drug-likeness (QED) is 0.673. The zero-order valence-corrected chi connectivity index (χ0v) is 10.6. The van der Waals surface area contributed by atoms with Crippen LogP contribution < -0.4 is 10.1 Å². The van der Waals surface area contributed by atoms with Crippen molar-refractivity contribution < 1.29 is 19.7 Å². The van der Waals surface area contributed by atoms with Crippen LogP contribution in [0.2, 0.25) is 0 Å². The molecule has 0 aliphatic heterocycles. The summed E-state index contributed by atoms with van der Waals surface area (Å²) in [7, 11) is 1.63. The first-order chi connectivity index (χ1) is 8.52. The topological polar surface area (TPSA) is 78.8 Å². The average molecular weight is 253 g/mol. The Balaban J connectivity index is 2.40. The minimum atomic E-state index is -0.996. The van der Waals surface area contributed by atoms with E-state index in [1.807, 2.05) is 25.1 Å². The molecule has 5 heteroatoms. The van der Waals surface area contributed by atoms with Crippen LogP contribution in [0.5, 0.6) is 5.75 Å². The van der Waals surface area contributed by atoms with E-state index < -0.39 is 12.1 Å². The molecular weight excluding hydrogens is 234 g/mol. The van der Waals surface area contributed by atoms with Gasteiger partial charge < -0.3 is 20.3 Å². The molecule has 5 nitrogen and oxygen atoms in total. The maximum absolute atomic E-state index is 10.4. The van der Waals surface area contributed by atoms with E-state index in [0.29, 0.717) is 6.54 Å². The fraction of sp³-hybridized carbons (Fsp3) is 0.462. The number of benzene rings is 1. The lowest BCUT2D eigenvalue weighted by Gasteiger charge is -2.11. The number of aliphatic carboxylic acids is 1. The molecule has 0 fully saturated rings. The minimum absolute atomic E-state index is 0.241. The molecule has 1 unspecified atom stereocenters. The second-order valence-electron chi connectivity index (χ2n) is 4.19. The molecule has 100 valence electrons. The first-order valence-electron chi connectivity index (χ1n) is 5.77. The monoisotopic (exact) mass is 253 g/mol. The Morgan fingerprint density at radius 1 is 1.50 bits per heavy atom. The number of ether oxygens (including phenoxy) is 1. The summed E-state index contributed by atoms with van der Waals surface area (Å²) in [5, 5.41) is 20.9. The SMILES string of the molecule is COc1ccc(CNCC(O)CC(=O)O)cc1C. The molecule has 18 heavy (non-hydrogen) atoms. The maximum Gasteiger partial charge on any atom is 0.306 e. The van der Waals surface area contributed by atoms with Crippen LogP contribution in [0.4, 0.5) is 0 Å². The molecule has 0 aromatic heterocycles. The van der Waals surface area contributed by atoms with Gasteiger partial charge in [-0.15, -0.1) is 0 Å². The second-order valence-corrected chi connectivity index (χ2v) is 4.19. The van der Waals surface area contributed by atoms with E-state index in [9.17, 15) is 9.90 Å². The highest BCUT2D eigenvalue weighted by atomic mass is 16.5. The molecule has 0 heterocycles. The summed E-state index contributed by atoms with van der Waals surface area (Å²) in [6.07, 6.45) is -1.10. The number of hydrogen-bond acceptors (Lipinski definition) is 4. The van der Waals surface area contributed by atoms with Crippen LogP contribution in [-0.2, 0) is 11.3 Å². The molecule has 0 spiro atoms. The summed E-state index contributed by atoms with van der Waals surface area (Å²) >= 11 is 0. The number of hydrogen-bond donors (Lipinski definition) is 3. The van der Waals surface area contributed by atoms with E-state index in [2.05, 4.69) is 5.32 Å². The summed E-state index contributed by atoms with van der Waals surface area (Å²) in [5.41, 5.74) is 2.11. The zero-order chi connectivity index (χ0) is 13.5. The molecule has 0 aliphatic carbocycles. The maximum atomic E-state index is 10.4. The van der Waals surface area contributed by atoms with E-state index in [1.54, 1.807) is 7.11 Å². The number of carbonyl (C=O) groups is 1. The van der Waals surface area contributed by atoms with Crippen LogP contribution >= 0.6 is 0 Å². The van der Waals surface area contributed by atoms with E-state index in [4.69, 9.17) is 9.84 Å². The fourth-order valence-corrected chi connectivity index (χ4v) is 1.71. The summed E-state index contributed by atoms with van der Waals surface area (Å²) < 4.78 is 5.16. The van der Waals surface area contributed by atoms with Gasteiger partial charge in [-0.1, -0.05) is 12.1 Å². The van der Waals surface area contributed by atoms with Crippen molar-refractivity contribution in [1.82, 2.24) is 5.32 Å². The standard InChI is InChI=1S/C13H19NO4/c1-9-5-10(3-4-12(9)18-2)7-14-8-11(15)6-13(16)17/h3-5,11,14-15H,6-8H2,1-2H3,(H,16,17). The van der Waals surface area contributed by atoms with Gasteiger partial charge in [0.2, 0.25) is 0 Å². The summed E-state index contributed by atoms with van der Waals surface area (Å²) in [4.78, 5) is 10.4. The molecule has 3 N–H and O–H groups in total. The van der Waals surface area contributed by atoms with Crippen LogP contribution in [0, 0.1) is 6.92 Å². The predicted molar refractivity (Wildman–Crippen MR) is 67.7 cm³/mol. The Bertz CT molecular complexity index is 406.